The van der Waals surface area contributed by atoms with Crippen molar-refractivity contribution in [1.29, 1.82) is 0 Å². The fourth-order valence-electron chi connectivity index (χ4n) is 1.39. The first-order valence-electron chi connectivity index (χ1n) is 4.56. The maximum Gasteiger partial charge on any atom is 0.169 e. The maximum atomic E-state index is 10.9. The topological polar surface area (TPSA) is 59.8 Å². The summed E-state index contributed by atoms with van der Waals surface area (Å²) < 4.78 is 1.66. The molecule has 0 radical (unpaired) electrons. The first kappa shape index (κ1) is 8.93. The molecule has 1 aliphatic carbocycles. The first-order chi connectivity index (χ1) is 6.74. The Labute approximate surface area is 81.8 Å². The van der Waals surface area contributed by atoms with Crippen LogP contribution in [0.25, 0.3) is 0 Å². The van der Waals surface area contributed by atoms with Gasteiger partial charge in [-0.1, -0.05) is 0 Å². The lowest BCUT2D eigenvalue weighted by atomic mass is 10.3. The van der Waals surface area contributed by atoms with Crippen molar-refractivity contribution >= 4 is 5.78 Å². The fraction of sp³-hybridized carbons (Fsp3) is 0.444. The lowest BCUT2D eigenvalue weighted by molar-refractivity contribution is -0.114. The van der Waals surface area contributed by atoms with Gasteiger partial charge in [-0.05, 0) is 6.42 Å². The maximum absolute atomic E-state index is 10.9. The number of hydrogen-bond donors (Lipinski definition) is 1. The van der Waals surface area contributed by atoms with Crippen molar-refractivity contribution < 1.29 is 4.79 Å². The zero-order valence-corrected chi connectivity index (χ0v) is 8.03. The molecular formula is C9H12N4O. The largest absolute Gasteiger partial charge is 0.381 e. The fourth-order valence-corrected chi connectivity index (χ4v) is 1.39. The van der Waals surface area contributed by atoms with E-state index < -0.39 is 0 Å². The number of hydrogen-bond acceptors (Lipinski definition) is 4. The molecule has 0 atom stereocenters. The quantitative estimate of drug-likeness (QED) is 0.740. The standard InChI is InChI=1S/C9H12N4O/c1-13-6-11-9(12-13)5-10-7-2-3-8(14)4-7/h4,6,10H,2-3,5H2,1H3. The molecule has 0 unspecified atom stereocenters. The van der Waals surface area contributed by atoms with E-state index in [4.69, 9.17) is 0 Å². The number of aromatic nitrogens is 3. The van der Waals surface area contributed by atoms with Crippen LogP contribution in [0.1, 0.15) is 18.7 Å². The summed E-state index contributed by atoms with van der Waals surface area (Å²) in [5, 5.41) is 7.27. The zero-order valence-electron chi connectivity index (χ0n) is 8.03. The molecule has 0 amide bonds. The summed E-state index contributed by atoms with van der Waals surface area (Å²) in [5.74, 6) is 0.939. The van der Waals surface area contributed by atoms with E-state index in [1.54, 1.807) is 17.1 Å². The van der Waals surface area contributed by atoms with Crippen LogP contribution in [-0.4, -0.2) is 20.5 Å². The van der Waals surface area contributed by atoms with Crippen LogP contribution in [0.3, 0.4) is 0 Å². The second-order valence-electron chi connectivity index (χ2n) is 3.32. The summed E-state index contributed by atoms with van der Waals surface area (Å²) in [6.07, 6.45) is 4.75. The third-order valence-corrected chi connectivity index (χ3v) is 2.10. The van der Waals surface area contributed by atoms with E-state index in [2.05, 4.69) is 15.4 Å². The molecule has 5 heteroatoms. The van der Waals surface area contributed by atoms with Crippen molar-refractivity contribution in [2.24, 2.45) is 7.05 Å². The highest BCUT2D eigenvalue weighted by atomic mass is 16.1. The molecule has 0 saturated carbocycles. The van der Waals surface area contributed by atoms with E-state index in [-0.39, 0.29) is 5.78 Å². The Kier molecular flexibility index (Phi) is 2.30. The average Bonchev–Trinajstić information content (AvgIpc) is 2.72. The van der Waals surface area contributed by atoms with Gasteiger partial charge in [-0.2, -0.15) is 5.10 Å². The number of rotatable bonds is 3. The summed E-state index contributed by atoms with van der Waals surface area (Å²) in [4.78, 5) is 15.0. The van der Waals surface area contributed by atoms with Gasteiger partial charge in [-0.25, -0.2) is 4.98 Å². The molecule has 0 bridgehead atoms. The molecule has 74 valence electrons. The summed E-state index contributed by atoms with van der Waals surface area (Å²) in [5.41, 5.74) is 0.988. The van der Waals surface area contributed by atoms with Crippen molar-refractivity contribution in [3.05, 3.63) is 23.9 Å². The lowest BCUT2D eigenvalue weighted by Gasteiger charge is -2.02. The van der Waals surface area contributed by atoms with Gasteiger partial charge in [0.15, 0.2) is 11.6 Å². The molecule has 14 heavy (non-hydrogen) atoms. The van der Waals surface area contributed by atoms with Crippen LogP contribution < -0.4 is 5.32 Å². The number of carbonyl (C=O) groups excluding carboxylic acids is 1. The number of ketones is 1. The summed E-state index contributed by atoms with van der Waals surface area (Å²) in [7, 11) is 1.83. The van der Waals surface area contributed by atoms with Crippen molar-refractivity contribution in [3.63, 3.8) is 0 Å². The van der Waals surface area contributed by atoms with Gasteiger partial charge in [0.1, 0.15) is 6.33 Å². The summed E-state index contributed by atoms with van der Waals surface area (Å²) >= 11 is 0. The van der Waals surface area contributed by atoms with E-state index in [9.17, 15) is 4.79 Å². The highest BCUT2D eigenvalue weighted by Gasteiger charge is 2.11. The molecule has 2 rings (SSSR count). The molecule has 1 N–H and O–H groups in total. The van der Waals surface area contributed by atoms with Gasteiger partial charge in [0.25, 0.3) is 0 Å². The van der Waals surface area contributed by atoms with Gasteiger partial charge in [0.05, 0.1) is 6.54 Å². The number of allylic oxidation sites excluding steroid dienone is 2. The smallest absolute Gasteiger partial charge is 0.169 e. The van der Waals surface area contributed by atoms with Crippen molar-refractivity contribution in [2.75, 3.05) is 0 Å². The first-order valence-corrected chi connectivity index (χ1v) is 4.56. The third-order valence-electron chi connectivity index (χ3n) is 2.10. The SMILES string of the molecule is Cn1cnc(CNC2=CC(=O)CC2)n1. The minimum Gasteiger partial charge on any atom is -0.381 e. The number of carbonyl (C=O) groups is 1. The van der Waals surface area contributed by atoms with Crippen LogP contribution in [0.2, 0.25) is 0 Å². The Morgan fingerprint density at radius 1 is 1.57 bits per heavy atom. The summed E-state index contributed by atoms with van der Waals surface area (Å²) in [6.45, 7) is 0.583. The normalized spacial score (nSPS) is 15.8. The van der Waals surface area contributed by atoms with Crippen molar-refractivity contribution in [3.8, 4) is 0 Å². The van der Waals surface area contributed by atoms with Gasteiger partial charge in [-0.3, -0.25) is 9.48 Å². The van der Waals surface area contributed by atoms with Gasteiger partial charge < -0.3 is 5.32 Å². The Balaban J connectivity index is 1.89. The third kappa shape index (κ3) is 1.99. The number of aryl methyl sites for hydroxylation is 1. The molecule has 0 spiro atoms. The molecule has 1 aromatic heterocycles. The van der Waals surface area contributed by atoms with E-state index in [0.29, 0.717) is 13.0 Å². The van der Waals surface area contributed by atoms with Crippen LogP contribution in [0, 0.1) is 0 Å². The molecule has 1 aliphatic rings. The van der Waals surface area contributed by atoms with Crippen LogP contribution >= 0.6 is 0 Å². The van der Waals surface area contributed by atoms with Crippen LogP contribution in [0.5, 0.6) is 0 Å². The van der Waals surface area contributed by atoms with Gasteiger partial charge in [-0.15, -0.1) is 0 Å². The number of nitrogens with one attached hydrogen (secondary N) is 1. The van der Waals surface area contributed by atoms with E-state index >= 15 is 0 Å². The minimum atomic E-state index is 0.196. The van der Waals surface area contributed by atoms with E-state index in [0.717, 1.165) is 17.9 Å². The predicted octanol–water partition coefficient (Wildman–Crippen LogP) is 0.151. The average molecular weight is 192 g/mol. The van der Waals surface area contributed by atoms with Crippen molar-refractivity contribution in [1.82, 2.24) is 20.1 Å². The minimum absolute atomic E-state index is 0.196. The molecule has 1 heterocycles. The highest BCUT2D eigenvalue weighted by molar-refractivity contribution is 5.92. The van der Waals surface area contributed by atoms with Gasteiger partial charge >= 0.3 is 0 Å². The van der Waals surface area contributed by atoms with Gasteiger partial charge in [0.2, 0.25) is 0 Å². The van der Waals surface area contributed by atoms with E-state index in [1.807, 2.05) is 7.05 Å². The molecular weight excluding hydrogens is 180 g/mol. The Bertz CT molecular complexity index is 380. The predicted molar refractivity (Wildman–Crippen MR) is 50.2 cm³/mol. The molecule has 0 aromatic carbocycles. The Morgan fingerprint density at radius 2 is 2.43 bits per heavy atom. The lowest BCUT2D eigenvalue weighted by Crippen LogP contribution is -2.12. The molecule has 0 saturated heterocycles. The monoisotopic (exact) mass is 192 g/mol. The molecule has 0 aliphatic heterocycles. The Hall–Kier alpha value is -1.65. The molecule has 1 aromatic rings. The second kappa shape index (κ2) is 3.61. The Morgan fingerprint density at radius 3 is 3.00 bits per heavy atom. The van der Waals surface area contributed by atoms with Crippen LogP contribution in [0.4, 0.5) is 0 Å². The van der Waals surface area contributed by atoms with E-state index in [1.165, 1.54) is 0 Å². The second-order valence-corrected chi connectivity index (χ2v) is 3.32. The van der Waals surface area contributed by atoms with Gasteiger partial charge in [0, 0.05) is 25.2 Å². The van der Waals surface area contributed by atoms with Crippen molar-refractivity contribution in [2.45, 2.75) is 19.4 Å². The molecule has 5 nitrogen and oxygen atoms in total. The van der Waals surface area contributed by atoms with Crippen LogP contribution in [-0.2, 0) is 18.4 Å². The summed E-state index contributed by atoms with van der Waals surface area (Å²) in [6, 6.07) is 0. The highest BCUT2D eigenvalue weighted by Crippen LogP contribution is 2.11. The number of nitrogens with zero attached hydrogens (tertiary/aromatic N) is 3. The molecule has 0 fully saturated rings. The van der Waals surface area contributed by atoms with Crippen LogP contribution in [0.15, 0.2) is 18.1 Å². The zero-order chi connectivity index (χ0) is 9.97.